The number of amides is 1. The Morgan fingerprint density at radius 3 is 2.86 bits per heavy atom. The maximum absolute atomic E-state index is 11.4. The molecule has 0 radical (unpaired) electrons. The Labute approximate surface area is 79.9 Å². The number of rotatable bonds is 3. The first kappa shape index (κ1) is 9.01. The van der Waals surface area contributed by atoms with E-state index in [0.29, 0.717) is 12.2 Å². The van der Waals surface area contributed by atoms with Crippen molar-refractivity contribution in [2.24, 2.45) is 5.73 Å². The third-order valence-corrected chi connectivity index (χ3v) is 2.33. The van der Waals surface area contributed by atoms with Gasteiger partial charge in [-0.15, -0.1) is 0 Å². The summed E-state index contributed by atoms with van der Waals surface area (Å²) in [6, 6.07) is 0. The summed E-state index contributed by atoms with van der Waals surface area (Å²) in [5.74, 6) is -0.153. The van der Waals surface area contributed by atoms with Gasteiger partial charge in [-0.05, 0) is 12.8 Å². The van der Waals surface area contributed by atoms with E-state index in [9.17, 15) is 9.59 Å². The van der Waals surface area contributed by atoms with Gasteiger partial charge in [-0.2, -0.15) is 0 Å². The first-order valence-electron chi connectivity index (χ1n) is 4.44. The van der Waals surface area contributed by atoms with Crippen LogP contribution in [0.1, 0.15) is 18.5 Å². The minimum Gasteiger partial charge on any atom is -0.349 e. The molecule has 1 aromatic heterocycles. The fourth-order valence-electron chi connectivity index (χ4n) is 1.18. The van der Waals surface area contributed by atoms with E-state index in [1.54, 1.807) is 0 Å². The third-order valence-electron chi connectivity index (χ3n) is 2.33. The summed E-state index contributed by atoms with van der Waals surface area (Å²) in [5, 5.41) is 2.66. The monoisotopic (exact) mass is 196 g/mol. The lowest BCUT2D eigenvalue weighted by atomic mass is 10.3. The number of carbonyl (C=O) groups excluding carboxylic acids is 1. The lowest BCUT2D eigenvalue weighted by Gasteiger charge is -2.08. The number of nitrogens with one attached hydrogen (secondary N) is 3. The molecule has 1 aromatic rings. The SMILES string of the molecule is NC1(C(=O)NCc2c[nH]c(=O)[nH]2)CC1. The average molecular weight is 196 g/mol. The molecule has 6 nitrogen and oxygen atoms in total. The molecule has 1 fully saturated rings. The summed E-state index contributed by atoms with van der Waals surface area (Å²) in [4.78, 5) is 27.1. The molecular weight excluding hydrogens is 184 g/mol. The van der Waals surface area contributed by atoms with Crippen LogP contribution < -0.4 is 16.7 Å². The molecule has 0 bridgehead atoms. The van der Waals surface area contributed by atoms with Crippen LogP contribution in [0.3, 0.4) is 0 Å². The van der Waals surface area contributed by atoms with Crippen LogP contribution >= 0.6 is 0 Å². The lowest BCUT2D eigenvalue weighted by Crippen LogP contribution is -2.42. The third kappa shape index (κ3) is 1.69. The highest BCUT2D eigenvalue weighted by Crippen LogP contribution is 2.32. The largest absolute Gasteiger partial charge is 0.349 e. The van der Waals surface area contributed by atoms with Gasteiger partial charge in [0.25, 0.3) is 0 Å². The van der Waals surface area contributed by atoms with Crippen LogP contribution in [0.25, 0.3) is 0 Å². The summed E-state index contributed by atoms with van der Waals surface area (Å²) >= 11 is 0. The first-order valence-corrected chi connectivity index (χ1v) is 4.44. The molecule has 1 amide bonds. The molecule has 0 saturated heterocycles. The number of aromatic amines is 2. The number of carbonyl (C=O) groups is 1. The van der Waals surface area contributed by atoms with E-state index in [0.717, 1.165) is 12.8 Å². The van der Waals surface area contributed by atoms with Gasteiger partial charge < -0.3 is 21.0 Å². The second-order valence-corrected chi connectivity index (χ2v) is 3.61. The second kappa shape index (κ2) is 2.98. The highest BCUT2D eigenvalue weighted by atomic mass is 16.2. The minimum absolute atomic E-state index is 0.153. The molecule has 1 aliphatic carbocycles. The summed E-state index contributed by atoms with van der Waals surface area (Å²) in [6.07, 6.45) is 3.00. The number of hydrogen-bond donors (Lipinski definition) is 4. The van der Waals surface area contributed by atoms with Gasteiger partial charge >= 0.3 is 5.69 Å². The predicted octanol–water partition coefficient (Wildman–Crippen LogP) is -1.19. The molecule has 14 heavy (non-hydrogen) atoms. The first-order chi connectivity index (χ1) is 6.60. The molecule has 2 rings (SSSR count). The molecule has 1 heterocycles. The molecule has 0 aromatic carbocycles. The van der Waals surface area contributed by atoms with E-state index >= 15 is 0 Å². The Kier molecular flexibility index (Phi) is 1.92. The Balaban J connectivity index is 1.88. The van der Waals surface area contributed by atoms with Gasteiger partial charge in [-0.1, -0.05) is 0 Å². The number of nitrogens with two attached hydrogens (primary N) is 1. The van der Waals surface area contributed by atoms with Gasteiger partial charge in [-0.3, -0.25) is 4.79 Å². The summed E-state index contributed by atoms with van der Waals surface area (Å²) in [6.45, 7) is 0.302. The Bertz CT molecular complexity index is 401. The van der Waals surface area contributed by atoms with E-state index in [-0.39, 0.29) is 11.6 Å². The molecule has 0 unspecified atom stereocenters. The van der Waals surface area contributed by atoms with Crippen molar-refractivity contribution in [3.05, 3.63) is 22.4 Å². The number of aromatic nitrogens is 2. The summed E-state index contributed by atoms with van der Waals surface area (Å²) < 4.78 is 0. The minimum atomic E-state index is -0.656. The Hall–Kier alpha value is -1.56. The Morgan fingerprint density at radius 2 is 2.36 bits per heavy atom. The molecule has 6 heteroatoms. The van der Waals surface area contributed by atoms with Crippen molar-refractivity contribution in [2.45, 2.75) is 24.9 Å². The molecule has 0 aliphatic heterocycles. The van der Waals surface area contributed by atoms with Crippen LogP contribution in [-0.2, 0) is 11.3 Å². The second-order valence-electron chi connectivity index (χ2n) is 3.61. The molecular formula is C8H12N4O2. The summed E-state index contributed by atoms with van der Waals surface area (Å²) in [5.41, 5.74) is 5.38. The predicted molar refractivity (Wildman–Crippen MR) is 49.4 cm³/mol. The van der Waals surface area contributed by atoms with E-state index in [4.69, 9.17) is 5.73 Å². The van der Waals surface area contributed by atoms with Crippen molar-refractivity contribution < 1.29 is 4.79 Å². The Morgan fingerprint density at radius 1 is 1.64 bits per heavy atom. The fourth-order valence-corrected chi connectivity index (χ4v) is 1.18. The van der Waals surface area contributed by atoms with Crippen molar-refractivity contribution in [1.29, 1.82) is 0 Å². The van der Waals surface area contributed by atoms with E-state index in [1.807, 2.05) is 0 Å². The van der Waals surface area contributed by atoms with Gasteiger partial charge in [0, 0.05) is 6.20 Å². The van der Waals surface area contributed by atoms with Crippen LogP contribution in [0.2, 0.25) is 0 Å². The lowest BCUT2D eigenvalue weighted by molar-refractivity contribution is -0.123. The standard InChI is InChI=1S/C8H12N4O2/c9-8(1-2-8)6(13)10-3-5-4-11-7(14)12-5/h4H,1-3,9H2,(H,10,13)(H2,11,12,14). The maximum Gasteiger partial charge on any atom is 0.323 e. The van der Waals surface area contributed by atoms with Crippen LogP contribution in [0.4, 0.5) is 0 Å². The number of hydrogen-bond acceptors (Lipinski definition) is 3. The van der Waals surface area contributed by atoms with Gasteiger partial charge in [0.05, 0.1) is 17.8 Å². The molecule has 76 valence electrons. The fraction of sp³-hybridized carbons (Fsp3) is 0.500. The van der Waals surface area contributed by atoms with Crippen LogP contribution in [0, 0.1) is 0 Å². The van der Waals surface area contributed by atoms with Gasteiger partial charge in [0.2, 0.25) is 5.91 Å². The molecule has 0 spiro atoms. The van der Waals surface area contributed by atoms with Crippen molar-refractivity contribution in [2.75, 3.05) is 0 Å². The zero-order valence-electron chi connectivity index (χ0n) is 7.59. The topological polar surface area (TPSA) is 104 Å². The van der Waals surface area contributed by atoms with Crippen LogP contribution in [0.15, 0.2) is 11.0 Å². The van der Waals surface area contributed by atoms with Gasteiger partial charge in [-0.25, -0.2) is 4.79 Å². The summed E-state index contributed by atoms with van der Waals surface area (Å²) in [7, 11) is 0. The van der Waals surface area contributed by atoms with Crippen LogP contribution in [-0.4, -0.2) is 21.4 Å². The van der Waals surface area contributed by atoms with E-state index in [2.05, 4.69) is 15.3 Å². The van der Waals surface area contributed by atoms with Crippen molar-refractivity contribution >= 4 is 5.91 Å². The molecule has 0 atom stereocenters. The highest BCUT2D eigenvalue weighted by molar-refractivity contribution is 5.88. The van der Waals surface area contributed by atoms with Crippen molar-refractivity contribution in [1.82, 2.24) is 15.3 Å². The van der Waals surface area contributed by atoms with E-state index < -0.39 is 5.54 Å². The van der Waals surface area contributed by atoms with E-state index in [1.165, 1.54) is 6.20 Å². The van der Waals surface area contributed by atoms with Crippen molar-refractivity contribution in [3.63, 3.8) is 0 Å². The van der Waals surface area contributed by atoms with Gasteiger partial charge in [0.15, 0.2) is 0 Å². The quantitative estimate of drug-likeness (QED) is 0.488. The zero-order chi connectivity index (χ0) is 10.2. The highest BCUT2D eigenvalue weighted by Gasteiger charge is 2.45. The molecule has 1 saturated carbocycles. The maximum atomic E-state index is 11.4. The van der Waals surface area contributed by atoms with Crippen LogP contribution in [0.5, 0.6) is 0 Å². The average Bonchev–Trinajstić information content (AvgIpc) is 2.76. The number of H-pyrrole nitrogens is 2. The normalized spacial score (nSPS) is 17.8. The smallest absolute Gasteiger partial charge is 0.323 e. The number of imidazole rings is 1. The molecule has 5 N–H and O–H groups in total. The van der Waals surface area contributed by atoms with Crippen molar-refractivity contribution in [3.8, 4) is 0 Å². The van der Waals surface area contributed by atoms with Gasteiger partial charge in [0.1, 0.15) is 0 Å². The zero-order valence-corrected chi connectivity index (χ0v) is 7.59. The molecule has 1 aliphatic rings.